The predicted octanol–water partition coefficient (Wildman–Crippen LogP) is 6.62. The van der Waals surface area contributed by atoms with Gasteiger partial charge in [-0.3, -0.25) is 4.79 Å². The molecule has 3 aromatic carbocycles. The molecule has 0 aliphatic rings. The second-order valence-electron chi connectivity index (χ2n) is 8.16. The molecule has 1 N–H and O–H groups in total. The number of benzene rings is 3. The average Bonchev–Trinajstić information content (AvgIpc) is 2.86. The second kappa shape index (κ2) is 13.0. The van der Waals surface area contributed by atoms with Crippen LogP contribution in [-0.2, 0) is 4.74 Å². The largest absolute Gasteiger partial charge is 0.494 e. The van der Waals surface area contributed by atoms with E-state index in [4.69, 9.17) is 14.7 Å². The molecule has 0 aliphatic carbocycles. The van der Waals surface area contributed by atoms with Crippen LogP contribution in [0.15, 0.2) is 84.9 Å². The molecule has 0 bridgehead atoms. The summed E-state index contributed by atoms with van der Waals surface area (Å²) in [5, 5.41) is 11.8. The molecule has 0 saturated heterocycles. The number of ether oxygens (including phenoxy) is 2. The van der Waals surface area contributed by atoms with Gasteiger partial charge in [0, 0.05) is 17.9 Å². The third kappa shape index (κ3) is 7.91. The first kappa shape index (κ1) is 24.8. The highest BCUT2D eigenvalue weighted by Gasteiger charge is 2.07. The molecule has 0 heterocycles. The smallest absolute Gasteiger partial charge is 0.255 e. The van der Waals surface area contributed by atoms with Crippen molar-refractivity contribution < 1.29 is 14.3 Å². The molecule has 1 amide bonds. The van der Waals surface area contributed by atoms with Gasteiger partial charge in [-0.15, -0.1) is 0 Å². The van der Waals surface area contributed by atoms with Crippen molar-refractivity contribution in [1.29, 1.82) is 5.26 Å². The highest BCUT2D eigenvalue weighted by molar-refractivity contribution is 6.04. The number of unbranched alkanes of at least 4 members (excludes halogenated alkanes) is 2. The first-order chi connectivity index (χ1) is 16.5. The molecule has 5 nitrogen and oxygen atoms in total. The summed E-state index contributed by atoms with van der Waals surface area (Å²) in [6, 6.07) is 24.3. The minimum atomic E-state index is -0.174. The SMILES string of the molecule is C=C(C)COCCCCCOc1ccc(C(=O)Nc2ccc(-c3ccc(C#N)cc3)cc2)cc1. The summed E-state index contributed by atoms with van der Waals surface area (Å²) in [5.41, 5.74) is 4.99. The second-order valence-corrected chi connectivity index (χ2v) is 8.16. The van der Waals surface area contributed by atoms with Crippen molar-refractivity contribution in [3.05, 3.63) is 96.1 Å². The first-order valence-corrected chi connectivity index (χ1v) is 11.4. The van der Waals surface area contributed by atoms with E-state index in [-0.39, 0.29) is 5.91 Å². The zero-order valence-corrected chi connectivity index (χ0v) is 19.5. The van der Waals surface area contributed by atoms with Crippen LogP contribution in [0.5, 0.6) is 5.75 Å². The molecule has 0 unspecified atom stereocenters. The lowest BCUT2D eigenvalue weighted by Crippen LogP contribution is -2.11. The molecule has 34 heavy (non-hydrogen) atoms. The van der Waals surface area contributed by atoms with Crippen molar-refractivity contribution in [3.63, 3.8) is 0 Å². The van der Waals surface area contributed by atoms with E-state index in [0.29, 0.717) is 24.3 Å². The van der Waals surface area contributed by atoms with Gasteiger partial charge in [0.05, 0.1) is 24.8 Å². The molecule has 0 fully saturated rings. The average molecular weight is 455 g/mol. The Morgan fingerprint density at radius 3 is 2.12 bits per heavy atom. The summed E-state index contributed by atoms with van der Waals surface area (Å²) in [5.74, 6) is 0.578. The van der Waals surface area contributed by atoms with E-state index < -0.39 is 0 Å². The molecule has 0 spiro atoms. The Morgan fingerprint density at radius 1 is 0.882 bits per heavy atom. The molecular formula is C29H30N2O3. The minimum absolute atomic E-state index is 0.174. The normalized spacial score (nSPS) is 10.4. The maximum Gasteiger partial charge on any atom is 0.255 e. The van der Waals surface area contributed by atoms with Crippen molar-refractivity contribution in [2.75, 3.05) is 25.1 Å². The standard InChI is InChI=1S/C29H30N2O3/c1-22(2)21-33-18-4-3-5-19-34-28-16-12-26(13-17-28)29(32)31-27-14-10-25(11-15-27)24-8-6-23(20-30)7-9-24/h6-17H,1,3-5,18-19,21H2,2H3,(H,31,32). The molecule has 0 saturated carbocycles. The number of hydrogen-bond donors (Lipinski definition) is 1. The molecule has 174 valence electrons. The lowest BCUT2D eigenvalue weighted by molar-refractivity contribution is 0.102. The van der Waals surface area contributed by atoms with Gasteiger partial charge in [-0.05, 0) is 85.8 Å². The summed E-state index contributed by atoms with van der Waals surface area (Å²) >= 11 is 0. The van der Waals surface area contributed by atoms with Crippen LogP contribution in [-0.4, -0.2) is 25.7 Å². The number of amides is 1. The maximum atomic E-state index is 12.6. The molecule has 3 rings (SSSR count). The Morgan fingerprint density at radius 2 is 1.50 bits per heavy atom. The van der Waals surface area contributed by atoms with E-state index in [1.54, 1.807) is 24.3 Å². The van der Waals surface area contributed by atoms with Gasteiger partial charge in [-0.1, -0.05) is 36.4 Å². The van der Waals surface area contributed by atoms with E-state index in [1.165, 1.54) is 0 Å². The van der Waals surface area contributed by atoms with Crippen molar-refractivity contribution in [3.8, 4) is 22.9 Å². The quantitative estimate of drug-likeness (QED) is 0.247. The summed E-state index contributed by atoms with van der Waals surface area (Å²) in [4.78, 5) is 12.6. The van der Waals surface area contributed by atoms with Gasteiger partial charge in [0.1, 0.15) is 5.75 Å². The third-order valence-electron chi connectivity index (χ3n) is 5.16. The summed E-state index contributed by atoms with van der Waals surface area (Å²) in [6.07, 6.45) is 3.00. The van der Waals surface area contributed by atoms with Gasteiger partial charge in [-0.25, -0.2) is 0 Å². The highest BCUT2D eigenvalue weighted by atomic mass is 16.5. The Bertz CT molecular complexity index is 1110. The molecular weight excluding hydrogens is 424 g/mol. The van der Waals surface area contributed by atoms with Crippen LogP contribution in [0, 0.1) is 11.3 Å². The van der Waals surface area contributed by atoms with Gasteiger partial charge >= 0.3 is 0 Å². The van der Waals surface area contributed by atoms with Crippen LogP contribution in [0.1, 0.15) is 42.1 Å². The van der Waals surface area contributed by atoms with E-state index in [1.807, 2.05) is 55.5 Å². The molecule has 3 aromatic rings. The molecule has 0 aromatic heterocycles. The Hall–Kier alpha value is -3.88. The molecule has 0 aliphatic heterocycles. The molecule has 0 atom stereocenters. The monoisotopic (exact) mass is 454 g/mol. The predicted molar refractivity (Wildman–Crippen MR) is 136 cm³/mol. The van der Waals surface area contributed by atoms with E-state index >= 15 is 0 Å². The van der Waals surface area contributed by atoms with Crippen molar-refractivity contribution in [2.24, 2.45) is 0 Å². The number of rotatable bonds is 12. The van der Waals surface area contributed by atoms with Crippen LogP contribution in [0.4, 0.5) is 5.69 Å². The lowest BCUT2D eigenvalue weighted by Gasteiger charge is -2.09. The fraction of sp³-hybridized carbons (Fsp3) is 0.241. The fourth-order valence-electron chi connectivity index (χ4n) is 3.31. The molecule has 0 radical (unpaired) electrons. The molecule has 5 heteroatoms. The topological polar surface area (TPSA) is 71.3 Å². The number of nitriles is 1. The van der Waals surface area contributed by atoms with Crippen LogP contribution in [0.3, 0.4) is 0 Å². The first-order valence-electron chi connectivity index (χ1n) is 11.4. The van der Waals surface area contributed by atoms with E-state index in [0.717, 1.165) is 54.0 Å². The Kier molecular flexibility index (Phi) is 9.45. The van der Waals surface area contributed by atoms with Gasteiger partial charge in [0.15, 0.2) is 0 Å². The van der Waals surface area contributed by atoms with E-state index in [9.17, 15) is 4.79 Å². The third-order valence-corrected chi connectivity index (χ3v) is 5.16. The zero-order chi connectivity index (χ0) is 24.2. The minimum Gasteiger partial charge on any atom is -0.494 e. The van der Waals surface area contributed by atoms with Crippen LogP contribution < -0.4 is 10.1 Å². The fourth-order valence-corrected chi connectivity index (χ4v) is 3.31. The van der Waals surface area contributed by atoms with Gasteiger partial charge < -0.3 is 14.8 Å². The van der Waals surface area contributed by atoms with Crippen molar-refractivity contribution in [2.45, 2.75) is 26.2 Å². The maximum absolute atomic E-state index is 12.6. The summed E-state index contributed by atoms with van der Waals surface area (Å²) in [7, 11) is 0. The van der Waals surface area contributed by atoms with Crippen LogP contribution in [0.25, 0.3) is 11.1 Å². The number of carbonyl (C=O) groups excluding carboxylic acids is 1. The highest BCUT2D eigenvalue weighted by Crippen LogP contribution is 2.22. The Labute approximate surface area is 201 Å². The number of carbonyl (C=O) groups is 1. The number of nitrogens with one attached hydrogen (secondary N) is 1. The van der Waals surface area contributed by atoms with Crippen molar-refractivity contribution >= 4 is 11.6 Å². The van der Waals surface area contributed by atoms with Crippen LogP contribution >= 0.6 is 0 Å². The number of hydrogen-bond acceptors (Lipinski definition) is 4. The van der Waals surface area contributed by atoms with Gasteiger partial charge in [0.2, 0.25) is 0 Å². The van der Waals surface area contributed by atoms with E-state index in [2.05, 4.69) is 18.0 Å². The number of anilines is 1. The summed E-state index contributed by atoms with van der Waals surface area (Å²) in [6.45, 7) is 7.78. The van der Waals surface area contributed by atoms with Crippen molar-refractivity contribution in [1.82, 2.24) is 0 Å². The van der Waals surface area contributed by atoms with Crippen LogP contribution in [0.2, 0.25) is 0 Å². The van der Waals surface area contributed by atoms with Gasteiger partial charge in [-0.2, -0.15) is 5.26 Å². The summed E-state index contributed by atoms with van der Waals surface area (Å²) < 4.78 is 11.3. The zero-order valence-electron chi connectivity index (χ0n) is 19.5. The number of nitrogens with zero attached hydrogens (tertiary/aromatic N) is 1. The van der Waals surface area contributed by atoms with Gasteiger partial charge in [0.25, 0.3) is 5.91 Å². The Balaban J connectivity index is 1.42. The lowest BCUT2D eigenvalue weighted by atomic mass is 10.0.